The monoisotopic (exact) mass is 576 g/mol. The standard InChI is InChI=1S/C29H40N2O8S/c1-20(19-40-21(2)32)29(33)39-23(18-38-22-15-26(35-4)28(37-6)27(16-22)36-5)17-30-11-13-31(14-12-30)24-9-7-8-10-25(24)34-3/h7-10,15-16,20,23H,11-14,17-19H2,1-6H3. The van der Waals surface area contributed by atoms with Gasteiger partial charge in [-0.05, 0) is 12.1 Å². The van der Waals surface area contributed by atoms with Crippen molar-refractivity contribution in [2.45, 2.75) is 20.0 Å². The molecule has 1 fully saturated rings. The van der Waals surface area contributed by atoms with Gasteiger partial charge in [-0.1, -0.05) is 30.8 Å². The second kappa shape index (κ2) is 15.5. The maximum Gasteiger partial charge on any atom is 0.309 e. The van der Waals surface area contributed by atoms with E-state index in [1.807, 2.05) is 18.2 Å². The molecular formula is C29H40N2O8S. The second-order valence-electron chi connectivity index (χ2n) is 9.39. The van der Waals surface area contributed by atoms with Crippen LogP contribution in [-0.2, 0) is 14.3 Å². The van der Waals surface area contributed by atoms with E-state index in [9.17, 15) is 9.59 Å². The smallest absolute Gasteiger partial charge is 0.309 e. The van der Waals surface area contributed by atoms with Gasteiger partial charge in [0.25, 0.3) is 0 Å². The number of piperazine rings is 1. The quantitative estimate of drug-likeness (QED) is 0.308. The van der Waals surface area contributed by atoms with Crippen LogP contribution in [0, 0.1) is 5.92 Å². The molecule has 0 saturated carbocycles. The lowest BCUT2D eigenvalue weighted by atomic mass is 10.2. The van der Waals surface area contributed by atoms with Crippen LogP contribution in [0.25, 0.3) is 0 Å². The first-order valence-corrected chi connectivity index (χ1v) is 14.1. The molecule has 2 aromatic carbocycles. The van der Waals surface area contributed by atoms with Crippen LogP contribution in [0.3, 0.4) is 0 Å². The van der Waals surface area contributed by atoms with Crippen LogP contribution in [0.2, 0.25) is 0 Å². The molecule has 1 heterocycles. The Kier molecular flexibility index (Phi) is 12.1. The van der Waals surface area contributed by atoms with E-state index >= 15 is 0 Å². The summed E-state index contributed by atoms with van der Waals surface area (Å²) in [5, 5.41) is -0.0325. The van der Waals surface area contributed by atoms with Crippen molar-refractivity contribution in [1.82, 2.24) is 4.90 Å². The van der Waals surface area contributed by atoms with Crippen LogP contribution in [0.1, 0.15) is 13.8 Å². The van der Waals surface area contributed by atoms with Gasteiger partial charge in [-0.3, -0.25) is 14.5 Å². The van der Waals surface area contributed by atoms with Gasteiger partial charge in [-0.2, -0.15) is 0 Å². The van der Waals surface area contributed by atoms with Crippen LogP contribution in [0.5, 0.6) is 28.7 Å². The summed E-state index contributed by atoms with van der Waals surface area (Å²) >= 11 is 1.12. The van der Waals surface area contributed by atoms with Gasteiger partial charge >= 0.3 is 5.97 Å². The van der Waals surface area contributed by atoms with Gasteiger partial charge in [0, 0.05) is 57.5 Å². The average molecular weight is 577 g/mol. The highest BCUT2D eigenvalue weighted by atomic mass is 32.2. The highest BCUT2D eigenvalue weighted by molar-refractivity contribution is 8.13. The van der Waals surface area contributed by atoms with Crippen LogP contribution < -0.4 is 28.6 Å². The number of benzene rings is 2. The molecule has 0 aliphatic carbocycles. The van der Waals surface area contributed by atoms with Crippen molar-refractivity contribution in [2.75, 3.05) is 78.4 Å². The van der Waals surface area contributed by atoms with E-state index in [1.165, 1.54) is 28.3 Å². The topological polar surface area (TPSA) is 96.0 Å². The largest absolute Gasteiger partial charge is 0.495 e. The Morgan fingerprint density at radius 3 is 2.10 bits per heavy atom. The summed E-state index contributed by atoms with van der Waals surface area (Å²) in [4.78, 5) is 28.8. The number of anilines is 1. The zero-order chi connectivity index (χ0) is 29.1. The molecule has 1 aliphatic rings. The lowest BCUT2D eigenvalue weighted by Crippen LogP contribution is -2.50. The van der Waals surface area contributed by atoms with E-state index in [-0.39, 0.29) is 17.7 Å². The second-order valence-corrected chi connectivity index (χ2v) is 10.6. The molecule has 0 spiro atoms. The van der Waals surface area contributed by atoms with Gasteiger partial charge in [0.05, 0.1) is 40.0 Å². The maximum absolute atomic E-state index is 12.9. The van der Waals surface area contributed by atoms with Crippen molar-refractivity contribution in [3.05, 3.63) is 36.4 Å². The molecule has 0 aromatic heterocycles. The molecule has 0 radical (unpaired) electrons. The number of nitrogens with zero attached hydrogens (tertiary/aromatic N) is 2. The molecule has 10 nitrogen and oxygen atoms in total. The molecular weight excluding hydrogens is 536 g/mol. The first-order chi connectivity index (χ1) is 19.3. The van der Waals surface area contributed by atoms with E-state index in [0.717, 1.165) is 49.4 Å². The summed E-state index contributed by atoms with van der Waals surface area (Å²) in [7, 11) is 6.29. The zero-order valence-corrected chi connectivity index (χ0v) is 25.0. The lowest BCUT2D eigenvalue weighted by Gasteiger charge is -2.37. The minimum atomic E-state index is -0.533. The van der Waals surface area contributed by atoms with Crippen LogP contribution in [-0.4, -0.2) is 95.6 Å². The van der Waals surface area contributed by atoms with Crippen molar-refractivity contribution in [1.29, 1.82) is 0 Å². The van der Waals surface area contributed by atoms with Crippen molar-refractivity contribution >= 4 is 28.5 Å². The Balaban J connectivity index is 1.69. The average Bonchev–Trinajstić information content (AvgIpc) is 2.98. The Morgan fingerprint density at radius 1 is 0.900 bits per heavy atom. The van der Waals surface area contributed by atoms with Crippen molar-refractivity contribution in [3.63, 3.8) is 0 Å². The Hall–Kier alpha value is -3.31. The summed E-state index contributed by atoms with van der Waals surface area (Å²) in [6.45, 7) is 7.06. The minimum Gasteiger partial charge on any atom is -0.495 e. The fraction of sp³-hybridized carbons (Fsp3) is 0.517. The Labute approximate surface area is 240 Å². The molecule has 220 valence electrons. The molecule has 2 atom stereocenters. The highest BCUT2D eigenvalue weighted by Gasteiger charge is 2.27. The first-order valence-electron chi connectivity index (χ1n) is 13.2. The van der Waals surface area contributed by atoms with Gasteiger partial charge in [-0.25, -0.2) is 0 Å². The van der Waals surface area contributed by atoms with Gasteiger partial charge in [0.15, 0.2) is 16.6 Å². The number of thioether (sulfide) groups is 1. The van der Waals surface area contributed by atoms with Crippen molar-refractivity contribution < 1.29 is 38.0 Å². The normalized spacial score (nSPS) is 15.1. The third-order valence-electron chi connectivity index (χ3n) is 6.56. The summed E-state index contributed by atoms with van der Waals surface area (Å²) in [6, 6.07) is 11.4. The Bertz CT molecular complexity index is 1100. The number of carbonyl (C=O) groups excluding carboxylic acids is 2. The number of para-hydroxylation sites is 2. The molecule has 2 unspecified atom stereocenters. The number of ether oxygens (including phenoxy) is 6. The van der Waals surface area contributed by atoms with Crippen LogP contribution in [0.4, 0.5) is 5.69 Å². The fourth-order valence-corrected chi connectivity index (χ4v) is 5.02. The van der Waals surface area contributed by atoms with Gasteiger partial charge in [0.2, 0.25) is 5.75 Å². The van der Waals surface area contributed by atoms with E-state index in [2.05, 4.69) is 15.9 Å². The van der Waals surface area contributed by atoms with Crippen molar-refractivity contribution in [3.8, 4) is 28.7 Å². The summed E-state index contributed by atoms with van der Waals surface area (Å²) in [6.07, 6.45) is -0.533. The van der Waals surface area contributed by atoms with Crippen molar-refractivity contribution in [2.24, 2.45) is 5.92 Å². The maximum atomic E-state index is 12.9. The summed E-state index contributed by atoms with van der Waals surface area (Å²) < 4.78 is 33.8. The van der Waals surface area contributed by atoms with Gasteiger partial charge in [-0.15, -0.1) is 0 Å². The predicted octanol–water partition coefficient (Wildman–Crippen LogP) is 3.75. The molecule has 0 bridgehead atoms. The first kappa shape index (κ1) is 31.2. The Morgan fingerprint density at radius 2 is 1.52 bits per heavy atom. The number of esters is 1. The fourth-order valence-electron chi connectivity index (χ4n) is 4.39. The van der Waals surface area contributed by atoms with E-state index < -0.39 is 12.0 Å². The molecule has 0 amide bonds. The lowest BCUT2D eigenvalue weighted by molar-refractivity contribution is -0.155. The summed E-state index contributed by atoms with van der Waals surface area (Å²) in [5.41, 5.74) is 1.06. The van der Waals surface area contributed by atoms with Crippen LogP contribution >= 0.6 is 11.8 Å². The third kappa shape index (κ3) is 8.59. The molecule has 1 saturated heterocycles. The van der Waals surface area contributed by atoms with Gasteiger partial charge < -0.3 is 33.3 Å². The molecule has 3 rings (SSSR count). The number of rotatable bonds is 14. The number of hydrogen-bond donors (Lipinski definition) is 0. The SMILES string of the molecule is COc1ccccc1N1CCN(CC(COc2cc(OC)c(OC)c(OC)c2)OC(=O)C(C)CSC(C)=O)CC1. The predicted molar refractivity (Wildman–Crippen MR) is 155 cm³/mol. The van der Waals surface area contributed by atoms with Crippen LogP contribution in [0.15, 0.2) is 36.4 Å². The summed E-state index contributed by atoms with van der Waals surface area (Å²) in [5.74, 6) is 2.31. The number of hydrogen-bond acceptors (Lipinski definition) is 11. The molecule has 11 heteroatoms. The molecule has 1 aliphatic heterocycles. The number of methoxy groups -OCH3 is 4. The molecule has 2 aromatic rings. The van der Waals surface area contributed by atoms with E-state index in [4.69, 9.17) is 28.4 Å². The number of carbonyl (C=O) groups is 2. The molecule has 0 N–H and O–H groups in total. The third-order valence-corrected chi connectivity index (χ3v) is 7.63. The van der Waals surface area contributed by atoms with E-state index in [0.29, 0.717) is 35.3 Å². The minimum absolute atomic E-state index is 0.0325. The molecule has 40 heavy (non-hydrogen) atoms. The highest BCUT2D eigenvalue weighted by Crippen LogP contribution is 2.40. The van der Waals surface area contributed by atoms with E-state index in [1.54, 1.807) is 26.2 Å². The zero-order valence-electron chi connectivity index (χ0n) is 24.1. The van der Waals surface area contributed by atoms with Gasteiger partial charge in [0.1, 0.15) is 24.2 Å².